The van der Waals surface area contributed by atoms with Crippen LogP contribution >= 0.6 is 11.8 Å². The number of nitrogens with two attached hydrogens (primary N) is 1. The van der Waals surface area contributed by atoms with Crippen LogP contribution in [0.25, 0.3) is 10.9 Å². The van der Waals surface area contributed by atoms with Crippen LogP contribution in [0.1, 0.15) is 43.0 Å². The Balaban J connectivity index is 1.35. The van der Waals surface area contributed by atoms with Crippen LogP contribution in [0.15, 0.2) is 41.4 Å². The number of halogens is 4. The maximum absolute atomic E-state index is 15.8. The average Bonchev–Trinajstić information content (AvgIpc) is 2.92. The zero-order valence-corrected chi connectivity index (χ0v) is 22.2. The molecule has 4 rings (SSSR count). The van der Waals surface area contributed by atoms with Crippen LogP contribution in [0.4, 0.5) is 17.6 Å². The summed E-state index contributed by atoms with van der Waals surface area (Å²) in [5.74, 6) is -1.68. The minimum absolute atomic E-state index is 0.0387. The fourth-order valence-electron chi connectivity index (χ4n) is 5.15. The average molecular weight is 552 g/mol. The van der Waals surface area contributed by atoms with Crippen LogP contribution in [-0.4, -0.2) is 54.1 Å². The number of aromatic nitrogens is 1. The number of fused-ring (bicyclic) bond motifs is 1. The fourth-order valence-corrected chi connectivity index (χ4v) is 6.10. The lowest BCUT2D eigenvalue weighted by Gasteiger charge is -2.41. The summed E-state index contributed by atoms with van der Waals surface area (Å²) in [6.45, 7) is 2.10. The van der Waals surface area contributed by atoms with Crippen molar-refractivity contribution in [2.45, 2.75) is 43.3 Å². The molecule has 1 aliphatic heterocycles. The lowest BCUT2D eigenvalue weighted by atomic mass is 9.74. The first-order valence-corrected chi connectivity index (χ1v) is 13.7. The highest BCUT2D eigenvalue weighted by Gasteiger charge is 2.35. The number of aliphatic hydroxyl groups excluding tert-OH is 1. The third-order valence-corrected chi connectivity index (χ3v) is 8.60. The first-order chi connectivity index (χ1) is 18.3. The first kappa shape index (κ1) is 28.6. The van der Waals surface area contributed by atoms with Crippen molar-refractivity contribution in [2.24, 2.45) is 11.1 Å². The number of methoxy groups -OCH3 is 1. The second kappa shape index (κ2) is 12.6. The molecule has 0 spiro atoms. The zero-order valence-electron chi connectivity index (χ0n) is 21.4. The lowest BCUT2D eigenvalue weighted by Crippen LogP contribution is -2.43. The van der Waals surface area contributed by atoms with Crippen LogP contribution in [0.3, 0.4) is 0 Å². The van der Waals surface area contributed by atoms with Gasteiger partial charge in [0, 0.05) is 54.7 Å². The highest BCUT2D eigenvalue weighted by atomic mass is 32.2. The van der Waals surface area contributed by atoms with Gasteiger partial charge in [0.1, 0.15) is 29.4 Å². The van der Waals surface area contributed by atoms with Gasteiger partial charge >= 0.3 is 0 Å². The molecule has 5 nitrogen and oxygen atoms in total. The number of hydrogen-bond acceptors (Lipinski definition) is 6. The topological polar surface area (TPSA) is 71.6 Å². The van der Waals surface area contributed by atoms with Gasteiger partial charge in [-0.15, -0.1) is 11.8 Å². The third-order valence-electron chi connectivity index (χ3n) is 7.53. The molecule has 2 aromatic carbocycles. The van der Waals surface area contributed by atoms with E-state index in [1.165, 1.54) is 0 Å². The van der Waals surface area contributed by atoms with Crippen LogP contribution in [-0.2, 0) is 6.54 Å². The van der Waals surface area contributed by atoms with Gasteiger partial charge in [0.15, 0.2) is 0 Å². The number of hydrogen-bond donors (Lipinski definition) is 2. The van der Waals surface area contributed by atoms with Gasteiger partial charge in [-0.2, -0.15) is 0 Å². The molecule has 0 unspecified atom stereocenters. The molecule has 2 heterocycles. The Morgan fingerprint density at radius 3 is 2.50 bits per heavy atom. The number of ether oxygens (including phenoxy) is 1. The first-order valence-electron chi connectivity index (χ1n) is 12.7. The van der Waals surface area contributed by atoms with Crippen molar-refractivity contribution in [1.29, 1.82) is 0 Å². The second-order valence-corrected chi connectivity index (χ2v) is 10.9. The molecule has 0 amide bonds. The predicted octanol–water partition coefficient (Wildman–Crippen LogP) is 5.78. The van der Waals surface area contributed by atoms with Gasteiger partial charge in [0.2, 0.25) is 0 Å². The summed E-state index contributed by atoms with van der Waals surface area (Å²) in [6, 6.07) is 6.73. The van der Waals surface area contributed by atoms with E-state index in [1.807, 2.05) is 0 Å². The highest BCUT2D eigenvalue weighted by molar-refractivity contribution is 7.99. The van der Waals surface area contributed by atoms with Crippen molar-refractivity contribution >= 4 is 22.7 Å². The minimum atomic E-state index is -1.27. The van der Waals surface area contributed by atoms with Crippen LogP contribution in [0.2, 0.25) is 0 Å². The van der Waals surface area contributed by atoms with Gasteiger partial charge in [0.05, 0.1) is 17.5 Å². The van der Waals surface area contributed by atoms with E-state index >= 15 is 4.39 Å². The van der Waals surface area contributed by atoms with Crippen molar-refractivity contribution in [3.05, 3.63) is 65.1 Å². The fraction of sp³-hybridized carbons (Fsp3) is 0.464. The molecule has 0 bridgehead atoms. The van der Waals surface area contributed by atoms with Crippen molar-refractivity contribution in [2.75, 3.05) is 39.1 Å². The Morgan fingerprint density at radius 1 is 1.16 bits per heavy atom. The second-order valence-electron chi connectivity index (χ2n) is 9.84. The summed E-state index contributed by atoms with van der Waals surface area (Å²) in [5, 5.41) is 10.9. The van der Waals surface area contributed by atoms with Gasteiger partial charge < -0.3 is 20.5 Å². The maximum Gasteiger partial charge on any atom is 0.142 e. The molecule has 38 heavy (non-hydrogen) atoms. The number of alkyl halides is 1. The largest absolute Gasteiger partial charge is 0.497 e. The third kappa shape index (κ3) is 6.42. The van der Waals surface area contributed by atoms with Crippen molar-refractivity contribution in [1.82, 2.24) is 9.88 Å². The normalized spacial score (nSPS) is 16.6. The smallest absolute Gasteiger partial charge is 0.142 e. The molecule has 10 heteroatoms. The van der Waals surface area contributed by atoms with E-state index in [0.717, 1.165) is 11.8 Å². The molecule has 1 aromatic heterocycles. The monoisotopic (exact) mass is 551 g/mol. The zero-order chi connectivity index (χ0) is 27.3. The maximum atomic E-state index is 15.8. The number of rotatable bonds is 11. The van der Waals surface area contributed by atoms with Crippen molar-refractivity contribution in [3.8, 4) is 5.75 Å². The Morgan fingerprint density at radius 2 is 1.87 bits per heavy atom. The molecule has 0 radical (unpaired) electrons. The van der Waals surface area contributed by atoms with Crippen LogP contribution < -0.4 is 10.5 Å². The summed E-state index contributed by atoms with van der Waals surface area (Å²) < 4.78 is 62.0. The molecule has 1 atom stereocenters. The quantitative estimate of drug-likeness (QED) is 0.233. The van der Waals surface area contributed by atoms with Gasteiger partial charge in [-0.3, -0.25) is 4.98 Å². The SMILES string of the molecule is COc1ccc2ncc(CN)c([C@H](F)CCC3(CO)CCN(CCSc4c(F)cc(F)cc4F)CC3)c2c1. The van der Waals surface area contributed by atoms with E-state index in [2.05, 4.69) is 9.88 Å². The summed E-state index contributed by atoms with van der Waals surface area (Å²) in [6.07, 6.45) is 2.48. The predicted molar refractivity (Wildman–Crippen MR) is 142 cm³/mol. The van der Waals surface area contributed by atoms with Gasteiger partial charge in [-0.1, -0.05) is 0 Å². The summed E-state index contributed by atoms with van der Waals surface area (Å²) in [5.41, 5.74) is 7.37. The number of nitrogens with zero attached hydrogens (tertiary/aromatic N) is 2. The molecule has 3 N–H and O–H groups in total. The van der Waals surface area contributed by atoms with E-state index in [1.54, 1.807) is 31.5 Å². The summed E-state index contributed by atoms with van der Waals surface area (Å²) >= 11 is 1.02. The number of piperidine rings is 1. The van der Waals surface area contributed by atoms with Gasteiger partial charge in [-0.25, -0.2) is 17.6 Å². The summed E-state index contributed by atoms with van der Waals surface area (Å²) in [7, 11) is 1.56. The highest BCUT2D eigenvalue weighted by Crippen LogP contribution is 2.41. The van der Waals surface area contributed by atoms with E-state index in [0.29, 0.717) is 84.6 Å². The number of aliphatic hydroxyl groups is 1. The molecule has 0 saturated carbocycles. The molecule has 3 aromatic rings. The molecular formula is C28H33F4N3O2S. The molecule has 1 saturated heterocycles. The summed E-state index contributed by atoms with van der Waals surface area (Å²) in [4.78, 5) is 6.40. The van der Waals surface area contributed by atoms with E-state index < -0.39 is 29.0 Å². The number of benzene rings is 2. The van der Waals surface area contributed by atoms with Crippen molar-refractivity contribution < 1.29 is 27.4 Å². The molecule has 0 aliphatic carbocycles. The number of likely N-dealkylation sites (tertiary alicyclic amines) is 1. The Kier molecular flexibility index (Phi) is 9.51. The van der Waals surface area contributed by atoms with E-state index in [9.17, 15) is 18.3 Å². The Hall–Kier alpha value is -2.40. The lowest BCUT2D eigenvalue weighted by molar-refractivity contribution is 0.0322. The molecule has 1 aliphatic rings. The van der Waals surface area contributed by atoms with Gasteiger partial charge in [-0.05, 0) is 68.0 Å². The van der Waals surface area contributed by atoms with E-state index in [4.69, 9.17) is 10.5 Å². The molecule has 1 fully saturated rings. The van der Waals surface area contributed by atoms with E-state index in [-0.39, 0.29) is 24.5 Å². The Bertz CT molecular complexity index is 1230. The van der Waals surface area contributed by atoms with Crippen LogP contribution in [0.5, 0.6) is 5.75 Å². The molecular weight excluding hydrogens is 518 g/mol. The van der Waals surface area contributed by atoms with Gasteiger partial charge in [0.25, 0.3) is 0 Å². The Labute approximate surface area is 224 Å². The van der Waals surface area contributed by atoms with Crippen LogP contribution in [0, 0.1) is 22.9 Å². The number of thioether (sulfide) groups is 1. The molecule has 206 valence electrons. The minimum Gasteiger partial charge on any atom is -0.497 e. The number of pyridine rings is 1. The standard InChI is InChI=1S/C28H33F4N3O2S/c1-37-20-2-3-25-21(14-20)26(18(15-33)16-34-25)22(30)4-5-28(17-36)6-8-35(9-7-28)10-11-38-27-23(31)12-19(29)13-24(27)32/h2-3,12-14,16,22,36H,4-11,15,17,33H2,1H3/t22-/m1/s1. The van der Waals surface area contributed by atoms with Crippen molar-refractivity contribution in [3.63, 3.8) is 0 Å².